The largest absolute Gasteiger partial charge is 0.416 e. The average Bonchev–Trinajstić information content (AvgIpc) is 2.73. The molecule has 1 atom stereocenters. The summed E-state index contributed by atoms with van der Waals surface area (Å²) in [5.74, 6) is -0.421. The van der Waals surface area contributed by atoms with Gasteiger partial charge >= 0.3 is 6.18 Å². The van der Waals surface area contributed by atoms with E-state index < -0.39 is 23.7 Å². The molecule has 0 saturated heterocycles. The highest BCUT2D eigenvalue weighted by molar-refractivity contribution is 5.83. The lowest BCUT2D eigenvalue weighted by molar-refractivity contribution is -0.137. The maximum Gasteiger partial charge on any atom is 0.416 e. The van der Waals surface area contributed by atoms with Crippen molar-refractivity contribution >= 4 is 5.91 Å². The van der Waals surface area contributed by atoms with E-state index in [1.165, 1.54) is 12.1 Å². The average molecular weight is 400 g/mol. The summed E-state index contributed by atoms with van der Waals surface area (Å²) < 4.78 is 39.4. The van der Waals surface area contributed by atoms with Gasteiger partial charge < -0.3 is 5.32 Å². The fraction of sp³-hybridized carbons (Fsp3) is 0.190. The van der Waals surface area contributed by atoms with Crippen LogP contribution in [0.5, 0.6) is 0 Å². The highest BCUT2D eigenvalue weighted by Crippen LogP contribution is 2.31. The van der Waals surface area contributed by atoms with Crippen molar-refractivity contribution in [1.82, 2.24) is 20.6 Å². The zero-order valence-corrected chi connectivity index (χ0v) is 15.4. The smallest absolute Gasteiger partial charge is 0.350 e. The van der Waals surface area contributed by atoms with E-state index in [9.17, 15) is 18.0 Å². The normalized spacial score (nSPS) is 12.4. The predicted octanol–water partition coefficient (Wildman–Crippen LogP) is 3.64. The van der Waals surface area contributed by atoms with E-state index in [2.05, 4.69) is 20.6 Å². The molecule has 0 fully saturated rings. The zero-order valence-electron chi connectivity index (χ0n) is 15.4. The Bertz CT molecular complexity index is 933. The number of amides is 1. The van der Waals surface area contributed by atoms with Crippen LogP contribution in [0.25, 0.3) is 0 Å². The van der Waals surface area contributed by atoms with Crippen LogP contribution in [0.1, 0.15) is 28.3 Å². The summed E-state index contributed by atoms with van der Waals surface area (Å²) in [4.78, 5) is 20.7. The Hall–Kier alpha value is -3.26. The molecular formula is C21H19F3N4O. The van der Waals surface area contributed by atoms with Crippen molar-refractivity contribution in [3.05, 3.63) is 95.6 Å². The topological polar surface area (TPSA) is 66.9 Å². The zero-order chi connectivity index (χ0) is 20.7. The number of halogens is 3. The van der Waals surface area contributed by atoms with Crippen LogP contribution in [0.4, 0.5) is 13.2 Å². The minimum atomic E-state index is -4.49. The first kappa shape index (κ1) is 20.5. The van der Waals surface area contributed by atoms with Gasteiger partial charge in [0.25, 0.3) is 0 Å². The van der Waals surface area contributed by atoms with Gasteiger partial charge in [0.05, 0.1) is 5.56 Å². The summed E-state index contributed by atoms with van der Waals surface area (Å²) >= 11 is 0. The molecule has 29 heavy (non-hydrogen) atoms. The first-order valence-electron chi connectivity index (χ1n) is 8.89. The highest BCUT2D eigenvalue weighted by Gasteiger charge is 2.31. The summed E-state index contributed by atoms with van der Waals surface area (Å²) in [5.41, 5.74) is 1.14. The molecule has 3 aromatic rings. The maximum atomic E-state index is 13.1. The molecule has 150 valence electrons. The summed E-state index contributed by atoms with van der Waals surface area (Å²) in [6.45, 7) is 0.542. The molecule has 0 aliphatic rings. The number of nitrogens with zero attached hydrogens (tertiary/aromatic N) is 2. The molecule has 0 aliphatic carbocycles. The van der Waals surface area contributed by atoms with Crippen LogP contribution in [0.15, 0.2) is 73.3 Å². The van der Waals surface area contributed by atoms with E-state index in [0.29, 0.717) is 6.54 Å². The fourth-order valence-corrected chi connectivity index (χ4v) is 2.77. The van der Waals surface area contributed by atoms with Crippen molar-refractivity contribution in [3.8, 4) is 0 Å². The molecule has 1 unspecified atom stereocenters. The van der Waals surface area contributed by atoms with Crippen LogP contribution >= 0.6 is 0 Å². The van der Waals surface area contributed by atoms with Gasteiger partial charge in [-0.05, 0) is 53.1 Å². The molecule has 2 aromatic heterocycles. The molecule has 3 rings (SSSR count). The molecule has 5 nitrogen and oxygen atoms in total. The van der Waals surface area contributed by atoms with Crippen LogP contribution in [-0.4, -0.2) is 15.9 Å². The molecule has 1 aromatic carbocycles. The highest BCUT2D eigenvalue weighted by atomic mass is 19.4. The lowest BCUT2D eigenvalue weighted by Crippen LogP contribution is -2.37. The summed E-state index contributed by atoms with van der Waals surface area (Å²) in [6, 6.07) is 10.9. The second kappa shape index (κ2) is 9.29. The van der Waals surface area contributed by atoms with E-state index in [1.807, 2.05) is 0 Å². The molecular weight excluding hydrogens is 381 g/mol. The minimum absolute atomic E-state index is 0.237. The molecule has 2 N–H and O–H groups in total. The van der Waals surface area contributed by atoms with Crippen molar-refractivity contribution in [2.45, 2.75) is 25.3 Å². The van der Waals surface area contributed by atoms with Gasteiger partial charge in [-0.1, -0.05) is 12.1 Å². The van der Waals surface area contributed by atoms with Crippen molar-refractivity contribution < 1.29 is 18.0 Å². The SMILES string of the molecule is O=C(NCc1ccncc1)C(NCc1ccncc1)c1cccc(C(F)(F)F)c1. The Balaban J connectivity index is 1.80. The lowest BCUT2D eigenvalue weighted by Gasteiger charge is -2.20. The van der Waals surface area contributed by atoms with Crippen molar-refractivity contribution in [3.63, 3.8) is 0 Å². The Morgan fingerprint density at radius 2 is 1.48 bits per heavy atom. The standard InChI is InChI=1S/C21H19F3N4O/c22-21(23,24)18-3-1-2-17(12-18)19(27-13-15-4-8-25-9-5-15)20(29)28-14-16-6-10-26-11-7-16/h1-12,19,27H,13-14H2,(H,28,29). The number of benzene rings is 1. The van der Waals surface area contributed by atoms with Crippen LogP contribution in [0.3, 0.4) is 0 Å². The number of carbonyl (C=O) groups is 1. The molecule has 2 heterocycles. The van der Waals surface area contributed by atoms with Gasteiger partial charge in [0.1, 0.15) is 6.04 Å². The Morgan fingerprint density at radius 1 is 0.897 bits per heavy atom. The van der Waals surface area contributed by atoms with Crippen LogP contribution < -0.4 is 10.6 Å². The number of carbonyl (C=O) groups excluding carboxylic acids is 1. The second-order valence-corrected chi connectivity index (χ2v) is 6.37. The van der Waals surface area contributed by atoms with Gasteiger partial charge in [-0.3, -0.25) is 20.1 Å². The lowest BCUT2D eigenvalue weighted by atomic mass is 10.0. The number of pyridine rings is 2. The van der Waals surface area contributed by atoms with Gasteiger partial charge in [-0.2, -0.15) is 13.2 Å². The van der Waals surface area contributed by atoms with Gasteiger partial charge in [0, 0.05) is 37.9 Å². The number of hydrogen-bond donors (Lipinski definition) is 2. The summed E-state index contributed by atoms with van der Waals surface area (Å²) in [6.07, 6.45) is 1.94. The van der Waals surface area contributed by atoms with Crippen LogP contribution in [0, 0.1) is 0 Å². The van der Waals surface area contributed by atoms with Gasteiger partial charge in [-0.25, -0.2) is 0 Å². The third-order valence-electron chi connectivity index (χ3n) is 4.29. The number of alkyl halides is 3. The number of aromatic nitrogens is 2. The number of hydrogen-bond acceptors (Lipinski definition) is 4. The van der Waals surface area contributed by atoms with E-state index in [0.717, 1.165) is 23.3 Å². The van der Waals surface area contributed by atoms with Gasteiger partial charge in [0.2, 0.25) is 5.91 Å². The predicted molar refractivity (Wildman–Crippen MR) is 101 cm³/mol. The molecule has 1 amide bonds. The Labute approximate surface area is 166 Å². The molecule has 0 bridgehead atoms. The van der Waals surface area contributed by atoms with E-state index in [4.69, 9.17) is 0 Å². The third-order valence-corrected chi connectivity index (χ3v) is 4.29. The Morgan fingerprint density at radius 3 is 2.07 bits per heavy atom. The van der Waals surface area contributed by atoms with Crippen molar-refractivity contribution in [1.29, 1.82) is 0 Å². The monoisotopic (exact) mass is 400 g/mol. The van der Waals surface area contributed by atoms with Gasteiger partial charge in [0.15, 0.2) is 0 Å². The molecule has 0 saturated carbocycles. The third kappa shape index (κ3) is 5.86. The Kier molecular flexibility index (Phi) is 6.56. The summed E-state index contributed by atoms with van der Waals surface area (Å²) in [7, 11) is 0. The van der Waals surface area contributed by atoms with Crippen molar-refractivity contribution in [2.24, 2.45) is 0 Å². The van der Waals surface area contributed by atoms with Crippen LogP contribution in [0.2, 0.25) is 0 Å². The first-order chi connectivity index (χ1) is 13.9. The summed E-state index contributed by atoms with van der Waals surface area (Å²) in [5, 5.41) is 5.82. The number of rotatable bonds is 7. The molecule has 0 aliphatic heterocycles. The minimum Gasteiger partial charge on any atom is -0.350 e. The van der Waals surface area contributed by atoms with Crippen molar-refractivity contribution in [2.75, 3.05) is 0 Å². The maximum absolute atomic E-state index is 13.1. The fourth-order valence-electron chi connectivity index (χ4n) is 2.77. The molecule has 0 radical (unpaired) electrons. The van der Waals surface area contributed by atoms with E-state index in [1.54, 1.807) is 49.1 Å². The van der Waals surface area contributed by atoms with E-state index in [-0.39, 0.29) is 12.1 Å². The van der Waals surface area contributed by atoms with Gasteiger partial charge in [-0.15, -0.1) is 0 Å². The second-order valence-electron chi connectivity index (χ2n) is 6.37. The van der Waals surface area contributed by atoms with Crippen LogP contribution in [-0.2, 0) is 24.1 Å². The molecule has 0 spiro atoms. The van der Waals surface area contributed by atoms with E-state index >= 15 is 0 Å². The molecule has 8 heteroatoms. The number of nitrogens with one attached hydrogen (secondary N) is 2. The first-order valence-corrected chi connectivity index (χ1v) is 8.89. The quantitative estimate of drug-likeness (QED) is 0.636.